The lowest BCUT2D eigenvalue weighted by atomic mass is 9.99. The first-order valence-electron chi connectivity index (χ1n) is 10.0. The topological polar surface area (TPSA) is 64.0 Å². The smallest absolute Gasteiger partial charge is 0.257 e. The Labute approximate surface area is 170 Å². The molecule has 3 aromatic rings. The zero-order valence-corrected chi connectivity index (χ0v) is 16.8. The summed E-state index contributed by atoms with van der Waals surface area (Å²) in [7, 11) is 0. The second kappa shape index (κ2) is 8.03. The van der Waals surface area contributed by atoms with Gasteiger partial charge < -0.3 is 9.88 Å². The number of amides is 1. The molecule has 0 spiro atoms. The van der Waals surface area contributed by atoms with Gasteiger partial charge in [-0.15, -0.1) is 0 Å². The van der Waals surface area contributed by atoms with Crippen LogP contribution in [-0.4, -0.2) is 21.5 Å². The number of carbonyl (C=O) groups is 1. The number of carbonyl (C=O) groups excluding carboxylic acids is 1. The highest BCUT2D eigenvalue weighted by Crippen LogP contribution is 2.22. The second-order valence-corrected chi connectivity index (χ2v) is 7.76. The molecular weight excluding hydrogens is 362 g/mol. The molecule has 0 unspecified atom stereocenters. The predicted molar refractivity (Wildman–Crippen MR) is 113 cm³/mol. The van der Waals surface area contributed by atoms with Crippen LogP contribution in [0.4, 0.5) is 0 Å². The molecule has 1 aliphatic rings. The number of aryl methyl sites for hydroxylation is 2. The lowest BCUT2D eigenvalue weighted by Gasteiger charge is -2.21. The molecule has 148 valence electrons. The summed E-state index contributed by atoms with van der Waals surface area (Å²) in [5.74, 6) is -0.260. The molecule has 29 heavy (non-hydrogen) atoms. The van der Waals surface area contributed by atoms with E-state index >= 15 is 0 Å². The highest BCUT2D eigenvalue weighted by Gasteiger charge is 2.27. The molecule has 4 rings (SSSR count). The maximum atomic E-state index is 13.0. The normalized spacial score (nSPS) is 13.3. The van der Waals surface area contributed by atoms with Crippen LogP contribution in [0.15, 0.2) is 59.7 Å². The fourth-order valence-corrected chi connectivity index (χ4v) is 3.62. The number of rotatable bonds is 6. The van der Waals surface area contributed by atoms with Crippen molar-refractivity contribution in [2.75, 3.05) is 0 Å². The van der Waals surface area contributed by atoms with Gasteiger partial charge in [-0.3, -0.25) is 14.6 Å². The number of hydrogen-bond donors (Lipinski definition) is 1. The van der Waals surface area contributed by atoms with E-state index in [2.05, 4.69) is 33.9 Å². The number of hydrogen-bond acceptors (Lipinski definition) is 3. The van der Waals surface area contributed by atoms with E-state index in [0.29, 0.717) is 13.0 Å². The number of benzene rings is 1. The lowest BCUT2D eigenvalue weighted by molar-refractivity contribution is 0.0948. The Kier molecular flexibility index (Phi) is 5.30. The van der Waals surface area contributed by atoms with Crippen LogP contribution in [0.1, 0.15) is 51.3 Å². The Morgan fingerprint density at radius 2 is 1.86 bits per heavy atom. The maximum absolute atomic E-state index is 13.0. The van der Waals surface area contributed by atoms with E-state index in [1.54, 1.807) is 18.5 Å². The van der Waals surface area contributed by atoms with Crippen molar-refractivity contribution < 1.29 is 4.79 Å². The van der Waals surface area contributed by atoms with Crippen LogP contribution in [0.2, 0.25) is 0 Å². The molecule has 1 saturated carbocycles. The van der Waals surface area contributed by atoms with Gasteiger partial charge in [0.25, 0.3) is 5.91 Å². The number of aromatic nitrogens is 2. The van der Waals surface area contributed by atoms with E-state index in [-0.39, 0.29) is 22.9 Å². The first kappa shape index (κ1) is 19.1. The second-order valence-electron chi connectivity index (χ2n) is 7.76. The highest BCUT2D eigenvalue weighted by atomic mass is 16.2. The van der Waals surface area contributed by atoms with E-state index in [4.69, 9.17) is 0 Å². The van der Waals surface area contributed by atoms with Gasteiger partial charge in [0.05, 0.1) is 0 Å². The molecule has 0 atom stereocenters. The minimum atomic E-state index is -0.260. The first-order chi connectivity index (χ1) is 14.0. The number of pyridine rings is 2. The summed E-state index contributed by atoms with van der Waals surface area (Å²) in [6.07, 6.45) is 6.01. The van der Waals surface area contributed by atoms with Gasteiger partial charge in [0.15, 0.2) is 5.43 Å². The van der Waals surface area contributed by atoms with E-state index in [9.17, 15) is 9.59 Å². The molecule has 2 aromatic heterocycles. The highest BCUT2D eigenvalue weighted by molar-refractivity contribution is 5.95. The summed E-state index contributed by atoms with van der Waals surface area (Å²) in [5.41, 5.74) is 4.99. The van der Waals surface area contributed by atoms with Crippen molar-refractivity contribution in [3.63, 3.8) is 0 Å². The third-order valence-corrected chi connectivity index (χ3v) is 5.48. The quantitative estimate of drug-likeness (QED) is 0.705. The van der Waals surface area contributed by atoms with E-state index in [1.165, 1.54) is 0 Å². The third-order valence-electron chi connectivity index (χ3n) is 5.48. The van der Waals surface area contributed by atoms with Crippen LogP contribution in [0.25, 0.3) is 0 Å². The van der Waals surface area contributed by atoms with Crippen molar-refractivity contribution in [1.82, 2.24) is 14.9 Å². The minimum absolute atomic E-state index is 0.197. The van der Waals surface area contributed by atoms with Gasteiger partial charge in [-0.25, -0.2) is 0 Å². The molecule has 1 aromatic carbocycles. The van der Waals surface area contributed by atoms with Crippen molar-refractivity contribution >= 4 is 5.91 Å². The standard InChI is InChI=1S/C24H25N3O2/c1-16-5-3-4-6-19(16)14-21-23(24(29)26-20-7-8-20)22(28)13-17(2)27(21)15-18-9-11-25-12-10-18/h3-6,9-13,20H,7-8,14-15H2,1-2H3,(H,26,29). The zero-order valence-electron chi connectivity index (χ0n) is 16.8. The molecule has 1 amide bonds. The summed E-state index contributed by atoms with van der Waals surface area (Å²) < 4.78 is 2.09. The van der Waals surface area contributed by atoms with Crippen molar-refractivity contribution in [3.05, 3.63) is 98.7 Å². The Balaban J connectivity index is 1.85. The first-order valence-corrected chi connectivity index (χ1v) is 10.0. The van der Waals surface area contributed by atoms with Crippen LogP contribution < -0.4 is 10.7 Å². The minimum Gasteiger partial charge on any atom is -0.349 e. The van der Waals surface area contributed by atoms with Crippen molar-refractivity contribution in [3.8, 4) is 0 Å². The van der Waals surface area contributed by atoms with Gasteiger partial charge in [0.1, 0.15) is 5.56 Å². The Morgan fingerprint density at radius 3 is 2.55 bits per heavy atom. The molecule has 0 saturated heterocycles. The zero-order chi connectivity index (χ0) is 20.4. The van der Waals surface area contributed by atoms with Gasteiger partial charge in [0, 0.05) is 48.9 Å². The SMILES string of the molecule is Cc1ccccc1Cc1c(C(=O)NC2CC2)c(=O)cc(C)n1Cc1ccncc1. The molecule has 0 bridgehead atoms. The summed E-state index contributed by atoms with van der Waals surface area (Å²) in [4.78, 5) is 30.0. The fourth-order valence-electron chi connectivity index (χ4n) is 3.62. The van der Waals surface area contributed by atoms with Crippen molar-refractivity contribution in [1.29, 1.82) is 0 Å². The van der Waals surface area contributed by atoms with Crippen LogP contribution in [-0.2, 0) is 13.0 Å². The summed E-state index contributed by atoms with van der Waals surface area (Å²) in [5, 5.41) is 3.00. The summed E-state index contributed by atoms with van der Waals surface area (Å²) in [6.45, 7) is 4.56. The van der Waals surface area contributed by atoms with Crippen LogP contribution in [0, 0.1) is 13.8 Å². The molecule has 1 fully saturated rings. The average molecular weight is 387 g/mol. The Hall–Kier alpha value is -3.21. The molecule has 1 aliphatic carbocycles. The van der Waals surface area contributed by atoms with E-state index < -0.39 is 0 Å². The molecule has 1 N–H and O–H groups in total. The van der Waals surface area contributed by atoms with Gasteiger partial charge >= 0.3 is 0 Å². The summed E-state index contributed by atoms with van der Waals surface area (Å²) >= 11 is 0. The van der Waals surface area contributed by atoms with Gasteiger partial charge in [-0.05, 0) is 55.5 Å². The molecule has 0 radical (unpaired) electrons. The van der Waals surface area contributed by atoms with Gasteiger partial charge in [-0.2, -0.15) is 0 Å². The van der Waals surface area contributed by atoms with Crippen LogP contribution in [0.5, 0.6) is 0 Å². The summed E-state index contributed by atoms with van der Waals surface area (Å²) in [6, 6.07) is 13.8. The van der Waals surface area contributed by atoms with E-state index in [1.807, 2.05) is 31.2 Å². The monoisotopic (exact) mass is 387 g/mol. The molecular formula is C24H25N3O2. The van der Waals surface area contributed by atoms with E-state index in [0.717, 1.165) is 40.9 Å². The lowest BCUT2D eigenvalue weighted by Crippen LogP contribution is -2.34. The molecule has 5 heteroatoms. The van der Waals surface area contributed by atoms with Crippen LogP contribution in [0.3, 0.4) is 0 Å². The van der Waals surface area contributed by atoms with Gasteiger partial charge in [0.2, 0.25) is 0 Å². The maximum Gasteiger partial charge on any atom is 0.257 e. The third kappa shape index (κ3) is 4.29. The number of nitrogens with zero attached hydrogens (tertiary/aromatic N) is 2. The fraction of sp³-hybridized carbons (Fsp3) is 0.292. The van der Waals surface area contributed by atoms with Crippen LogP contribution >= 0.6 is 0 Å². The number of nitrogens with one attached hydrogen (secondary N) is 1. The Morgan fingerprint density at radius 1 is 1.14 bits per heavy atom. The predicted octanol–water partition coefficient (Wildman–Crippen LogP) is 3.39. The Bertz CT molecular complexity index is 1100. The molecule has 0 aliphatic heterocycles. The van der Waals surface area contributed by atoms with Crippen molar-refractivity contribution in [2.24, 2.45) is 0 Å². The van der Waals surface area contributed by atoms with Gasteiger partial charge in [-0.1, -0.05) is 24.3 Å². The molecule has 5 nitrogen and oxygen atoms in total. The van der Waals surface area contributed by atoms with Crippen molar-refractivity contribution in [2.45, 2.75) is 45.7 Å². The largest absolute Gasteiger partial charge is 0.349 e. The molecule has 2 heterocycles. The average Bonchev–Trinajstić information content (AvgIpc) is 3.51.